The van der Waals surface area contributed by atoms with E-state index in [2.05, 4.69) is 9.97 Å². The maximum absolute atomic E-state index is 14.1. The van der Waals surface area contributed by atoms with Crippen LogP contribution in [0.1, 0.15) is 46.1 Å². The number of likely N-dealkylation sites (N-methyl/N-ethyl adjacent to an activating group) is 1. The van der Waals surface area contributed by atoms with Crippen molar-refractivity contribution >= 4 is 35.1 Å². The third kappa shape index (κ3) is 5.22. The van der Waals surface area contributed by atoms with E-state index in [9.17, 15) is 37.8 Å². The minimum atomic E-state index is -4.66. The van der Waals surface area contributed by atoms with Crippen molar-refractivity contribution in [1.82, 2.24) is 14.9 Å². The van der Waals surface area contributed by atoms with E-state index in [1.807, 2.05) is 24.0 Å². The van der Waals surface area contributed by atoms with Gasteiger partial charge in [0.15, 0.2) is 0 Å². The number of fused-ring (bicyclic) bond motifs is 3. The second kappa shape index (κ2) is 11.0. The first-order chi connectivity index (χ1) is 21.3. The first kappa shape index (κ1) is 30.3. The van der Waals surface area contributed by atoms with E-state index < -0.39 is 54.3 Å². The number of benzene rings is 1. The number of carbonyl (C=O) groups is 3. The molecule has 1 fully saturated rings. The van der Waals surface area contributed by atoms with Gasteiger partial charge >= 0.3 is 12.3 Å². The summed E-state index contributed by atoms with van der Waals surface area (Å²) >= 11 is 0. The maximum Gasteiger partial charge on any atom is 0.416 e. The number of pyridine rings is 2. The summed E-state index contributed by atoms with van der Waals surface area (Å²) in [5.74, 6) is -1.73. The molecule has 14 heteroatoms. The first-order valence-corrected chi connectivity index (χ1v) is 14.4. The van der Waals surface area contributed by atoms with Gasteiger partial charge < -0.3 is 20.0 Å². The number of hydrogen-bond acceptors (Lipinski definition) is 7. The predicted molar refractivity (Wildman–Crippen MR) is 157 cm³/mol. The summed E-state index contributed by atoms with van der Waals surface area (Å²) < 4.78 is 41.1. The van der Waals surface area contributed by atoms with Crippen molar-refractivity contribution in [2.45, 2.75) is 51.6 Å². The van der Waals surface area contributed by atoms with Crippen LogP contribution in [0.5, 0.6) is 0 Å². The Morgan fingerprint density at radius 1 is 1.13 bits per heavy atom. The fourth-order valence-corrected chi connectivity index (χ4v) is 6.78. The quantitative estimate of drug-likeness (QED) is 0.445. The lowest BCUT2D eigenvalue weighted by Crippen LogP contribution is -2.52. The van der Waals surface area contributed by atoms with Crippen LogP contribution in [0, 0.1) is 19.8 Å². The monoisotopic (exact) mass is 624 g/mol. The van der Waals surface area contributed by atoms with Crippen molar-refractivity contribution in [2.24, 2.45) is 5.92 Å². The average molecular weight is 625 g/mol. The predicted octanol–water partition coefficient (Wildman–Crippen LogP) is 4.04. The molecule has 5 heterocycles. The summed E-state index contributed by atoms with van der Waals surface area (Å²) in [5.41, 5.74) is 3.21. The molecule has 2 N–H and O–H groups in total. The first-order valence-electron chi connectivity index (χ1n) is 14.4. The van der Waals surface area contributed by atoms with Crippen LogP contribution in [0.4, 0.5) is 35.2 Å². The van der Waals surface area contributed by atoms with E-state index in [1.165, 1.54) is 11.8 Å². The number of hydrogen-bond donors (Lipinski definition) is 2. The van der Waals surface area contributed by atoms with Gasteiger partial charge in [0.2, 0.25) is 11.8 Å². The van der Waals surface area contributed by atoms with E-state index in [1.54, 1.807) is 25.4 Å². The number of anilines is 3. The van der Waals surface area contributed by atoms with E-state index in [-0.39, 0.29) is 37.6 Å². The van der Waals surface area contributed by atoms with Crippen LogP contribution in [0.3, 0.4) is 0 Å². The van der Waals surface area contributed by atoms with Gasteiger partial charge in [-0.05, 0) is 54.8 Å². The Balaban J connectivity index is 1.40. The molecule has 1 aromatic carbocycles. The number of halogens is 3. The van der Waals surface area contributed by atoms with Crippen molar-refractivity contribution < 1.29 is 37.8 Å². The Bertz CT molecular complexity index is 1720. The lowest BCUT2D eigenvalue weighted by Gasteiger charge is -2.39. The minimum Gasteiger partial charge on any atom is -0.465 e. The molecule has 3 atom stereocenters. The molecule has 0 unspecified atom stereocenters. The van der Waals surface area contributed by atoms with Gasteiger partial charge in [0.1, 0.15) is 17.9 Å². The number of para-hydroxylation sites is 1. The molecule has 0 saturated carbocycles. The number of aliphatic hydroxyl groups excluding tert-OH is 1. The Labute approximate surface area is 256 Å². The molecule has 45 heavy (non-hydrogen) atoms. The van der Waals surface area contributed by atoms with E-state index in [0.717, 1.165) is 38.7 Å². The Kier molecular flexibility index (Phi) is 7.42. The van der Waals surface area contributed by atoms with Gasteiger partial charge in [-0.25, -0.2) is 9.78 Å². The number of aromatic nitrogens is 2. The van der Waals surface area contributed by atoms with Crippen LogP contribution in [-0.2, 0) is 28.9 Å². The number of carbonyl (C=O) groups excluding carboxylic acids is 2. The van der Waals surface area contributed by atoms with E-state index >= 15 is 0 Å². The lowest BCUT2D eigenvalue weighted by atomic mass is 9.94. The average Bonchev–Trinajstić information content (AvgIpc) is 3.51. The number of alkyl halides is 3. The third-order valence-electron chi connectivity index (χ3n) is 8.76. The number of aliphatic hydroxyl groups is 1. The number of aryl methyl sites for hydroxylation is 2. The highest BCUT2D eigenvalue weighted by Gasteiger charge is 2.49. The van der Waals surface area contributed by atoms with Crippen molar-refractivity contribution in [3.05, 3.63) is 76.2 Å². The van der Waals surface area contributed by atoms with E-state index in [4.69, 9.17) is 0 Å². The SMILES string of the molecule is Cc1cc(C(F)(F)F)cc(N2C(=O)C[C@@H]3CN(Cc4cnc5c(c4)CN(C(=O)O)[C@H]5CO)c4c(C)cccc4N(C)C(=O)[C@H]32)n1. The zero-order chi connectivity index (χ0) is 32.4. The van der Waals surface area contributed by atoms with Gasteiger partial charge in [-0.3, -0.25) is 24.4 Å². The Morgan fingerprint density at radius 3 is 2.58 bits per heavy atom. The summed E-state index contributed by atoms with van der Waals surface area (Å²) in [6.45, 7) is 3.49. The van der Waals surface area contributed by atoms with Crippen molar-refractivity contribution in [1.29, 1.82) is 0 Å². The Morgan fingerprint density at radius 2 is 1.89 bits per heavy atom. The van der Waals surface area contributed by atoms with Crippen LogP contribution in [0.15, 0.2) is 42.6 Å². The molecule has 3 aliphatic heterocycles. The molecule has 0 aliphatic carbocycles. The number of amides is 3. The molecule has 236 valence electrons. The van der Waals surface area contributed by atoms with Crippen LogP contribution in [0.25, 0.3) is 0 Å². The van der Waals surface area contributed by atoms with Crippen LogP contribution in [-0.4, -0.2) is 69.2 Å². The van der Waals surface area contributed by atoms with Crippen molar-refractivity contribution in [3.8, 4) is 0 Å². The molecule has 6 rings (SSSR count). The van der Waals surface area contributed by atoms with Crippen molar-refractivity contribution in [3.63, 3.8) is 0 Å². The molecule has 1 saturated heterocycles. The van der Waals surface area contributed by atoms with Gasteiger partial charge in [-0.2, -0.15) is 13.2 Å². The van der Waals surface area contributed by atoms with Gasteiger partial charge in [0, 0.05) is 44.4 Å². The van der Waals surface area contributed by atoms with Gasteiger partial charge in [-0.1, -0.05) is 12.1 Å². The molecular formula is C31H31F3N6O5. The normalized spacial score (nSPS) is 21.4. The van der Waals surface area contributed by atoms with Gasteiger partial charge in [0.05, 0.1) is 35.8 Å². The summed E-state index contributed by atoms with van der Waals surface area (Å²) in [5, 5.41) is 19.4. The fraction of sp³-hybridized carbons (Fsp3) is 0.387. The second-order valence-corrected chi connectivity index (χ2v) is 11.7. The molecule has 3 aromatic rings. The standard InChI is InChI=1S/C31H31F3N6O5/c1-16-5-4-6-22-27(16)38(12-18-8-19-14-39(30(44)45)23(15-41)26(19)35-11-18)13-20-9-25(42)40(28(20)29(43)37(22)3)24-10-21(31(32,33)34)7-17(2)36-24/h4-8,10-11,20,23,28,41H,9,12-15H2,1-3H3,(H,44,45)/t20-,23+,28+/m1/s1. The molecule has 0 radical (unpaired) electrons. The zero-order valence-corrected chi connectivity index (χ0v) is 24.7. The van der Waals surface area contributed by atoms with Crippen LogP contribution < -0.4 is 14.7 Å². The number of nitrogens with zero attached hydrogens (tertiary/aromatic N) is 6. The highest BCUT2D eigenvalue weighted by molar-refractivity contribution is 6.10. The second-order valence-electron chi connectivity index (χ2n) is 11.7. The molecule has 3 aliphatic rings. The lowest BCUT2D eigenvalue weighted by molar-refractivity contribution is -0.137. The number of rotatable bonds is 4. The minimum absolute atomic E-state index is 0.0688. The fourth-order valence-electron chi connectivity index (χ4n) is 6.78. The maximum atomic E-state index is 14.1. The number of carboxylic acid groups (broad SMARTS) is 1. The summed E-state index contributed by atoms with van der Waals surface area (Å²) in [6, 6.07) is 7.18. The third-order valence-corrected chi connectivity index (χ3v) is 8.76. The largest absolute Gasteiger partial charge is 0.465 e. The van der Waals surface area contributed by atoms with E-state index in [0.29, 0.717) is 16.9 Å². The highest BCUT2D eigenvalue weighted by Crippen LogP contribution is 2.42. The molecule has 11 nitrogen and oxygen atoms in total. The van der Waals surface area contributed by atoms with Crippen LogP contribution >= 0.6 is 0 Å². The summed E-state index contributed by atoms with van der Waals surface area (Å²) in [6.07, 6.45) is -4.28. The Hall–Kier alpha value is -4.72. The van der Waals surface area contributed by atoms with Gasteiger partial charge in [0.25, 0.3) is 0 Å². The summed E-state index contributed by atoms with van der Waals surface area (Å²) in [4.78, 5) is 53.8. The smallest absolute Gasteiger partial charge is 0.416 e. The van der Waals surface area contributed by atoms with Crippen LogP contribution in [0.2, 0.25) is 0 Å². The molecule has 2 aromatic heterocycles. The topological polar surface area (TPSA) is 130 Å². The van der Waals surface area contributed by atoms with Gasteiger partial charge in [-0.15, -0.1) is 0 Å². The molecule has 3 amide bonds. The molecule has 0 spiro atoms. The molecule has 0 bridgehead atoms. The summed E-state index contributed by atoms with van der Waals surface area (Å²) in [7, 11) is 1.58. The zero-order valence-electron chi connectivity index (χ0n) is 24.7. The molecular weight excluding hydrogens is 593 g/mol. The van der Waals surface area contributed by atoms with Crippen molar-refractivity contribution in [2.75, 3.05) is 34.9 Å². The highest BCUT2D eigenvalue weighted by atomic mass is 19.4.